The second kappa shape index (κ2) is 7.03. The van der Waals surface area contributed by atoms with Gasteiger partial charge in [0.15, 0.2) is 5.78 Å². The molecule has 1 aliphatic carbocycles. The van der Waals surface area contributed by atoms with Crippen molar-refractivity contribution in [2.75, 3.05) is 0 Å². The van der Waals surface area contributed by atoms with E-state index in [1.165, 1.54) is 11.1 Å². The van der Waals surface area contributed by atoms with Gasteiger partial charge in [-0.05, 0) is 42.0 Å². The second-order valence-electron chi connectivity index (χ2n) is 5.48. The van der Waals surface area contributed by atoms with E-state index in [0.29, 0.717) is 5.78 Å². The minimum atomic E-state index is 0.112. The highest BCUT2D eigenvalue weighted by atomic mass is 79.9. The third-order valence-corrected chi connectivity index (χ3v) is 4.43. The number of allylic oxidation sites excluding steroid dienone is 3. The van der Waals surface area contributed by atoms with E-state index in [0.717, 1.165) is 35.7 Å². The molecule has 106 valence electrons. The maximum absolute atomic E-state index is 12.2. The molecule has 2 heteroatoms. The summed E-state index contributed by atoms with van der Waals surface area (Å²) >= 11 is 3.57. The van der Waals surface area contributed by atoms with Crippen molar-refractivity contribution < 1.29 is 4.79 Å². The fourth-order valence-electron chi connectivity index (χ4n) is 2.57. The Kier molecular flexibility index (Phi) is 5.36. The summed E-state index contributed by atoms with van der Waals surface area (Å²) in [4.78, 5) is 12.2. The molecular weight excluding hydrogens is 312 g/mol. The van der Waals surface area contributed by atoms with Crippen LogP contribution in [0.3, 0.4) is 0 Å². The van der Waals surface area contributed by atoms with Crippen molar-refractivity contribution in [3.63, 3.8) is 0 Å². The lowest BCUT2D eigenvalue weighted by atomic mass is 9.83. The molecular formula is C18H21BrO. The van der Waals surface area contributed by atoms with Gasteiger partial charge in [0.05, 0.1) is 0 Å². The largest absolute Gasteiger partial charge is 0.294 e. The van der Waals surface area contributed by atoms with E-state index < -0.39 is 0 Å². The molecule has 20 heavy (non-hydrogen) atoms. The molecule has 1 nitrogen and oxygen atoms in total. The van der Waals surface area contributed by atoms with E-state index in [1.54, 1.807) is 0 Å². The van der Waals surface area contributed by atoms with Crippen LogP contribution in [-0.4, -0.2) is 5.78 Å². The molecule has 0 spiro atoms. The lowest BCUT2D eigenvalue weighted by molar-refractivity contribution is -0.119. The molecule has 1 unspecified atom stereocenters. The van der Waals surface area contributed by atoms with E-state index in [9.17, 15) is 4.79 Å². The first kappa shape index (κ1) is 15.2. The zero-order chi connectivity index (χ0) is 14.5. The van der Waals surface area contributed by atoms with Gasteiger partial charge in [0.1, 0.15) is 0 Å². The van der Waals surface area contributed by atoms with Crippen LogP contribution in [0.25, 0.3) is 6.08 Å². The molecule has 1 aromatic carbocycles. The van der Waals surface area contributed by atoms with Crippen molar-refractivity contribution in [1.29, 1.82) is 0 Å². The van der Waals surface area contributed by atoms with Crippen LogP contribution in [0.15, 0.2) is 46.0 Å². The Labute approximate surface area is 129 Å². The Morgan fingerprint density at radius 2 is 2.10 bits per heavy atom. The number of hydrogen-bond donors (Lipinski definition) is 0. The third-order valence-electron chi connectivity index (χ3n) is 3.71. The molecule has 1 aromatic rings. The van der Waals surface area contributed by atoms with E-state index in [2.05, 4.69) is 41.1 Å². The molecule has 0 saturated heterocycles. The van der Waals surface area contributed by atoms with E-state index >= 15 is 0 Å². The van der Waals surface area contributed by atoms with E-state index in [1.807, 2.05) is 25.1 Å². The predicted octanol–water partition coefficient (Wildman–Crippen LogP) is 5.56. The molecule has 0 fully saturated rings. The van der Waals surface area contributed by atoms with Crippen LogP contribution < -0.4 is 0 Å². The fraction of sp³-hybridized carbons (Fsp3) is 0.389. The summed E-state index contributed by atoms with van der Waals surface area (Å²) in [6.45, 7) is 4.20. The topological polar surface area (TPSA) is 17.1 Å². The van der Waals surface area contributed by atoms with Crippen LogP contribution in [0.1, 0.15) is 45.1 Å². The predicted molar refractivity (Wildman–Crippen MR) is 88.5 cm³/mol. The van der Waals surface area contributed by atoms with Gasteiger partial charge in [0.25, 0.3) is 0 Å². The first-order chi connectivity index (χ1) is 9.61. The van der Waals surface area contributed by atoms with Crippen LogP contribution in [0, 0.1) is 5.92 Å². The van der Waals surface area contributed by atoms with Gasteiger partial charge in [-0.2, -0.15) is 0 Å². The number of rotatable bonds is 4. The number of hydrogen-bond acceptors (Lipinski definition) is 1. The van der Waals surface area contributed by atoms with Crippen LogP contribution in [0.5, 0.6) is 0 Å². The van der Waals surface area contributed by atoms with Gasteiger partial charge in [0.2, 0.25) is 0 Å². The first-order valence-corrected chi connectivity index (χ1v) is 8.11. The average Bonchev–Trinajstić information content (AvgIpc) is 2.43. The van der Waals surface area contributed by atoms with Gasteiger partial charge >= 0.3 is 0 Å². The fourth-order valence-corrected chi connectivity index (χ4v) is 2.97. The number of ketones is 1. The lowest BCUT2D eigenvalue weighted by Crippen LogP contribution is -2.18. The van der Waals surface area contributed by atoms with Crippen LogP contribution in [0.4, 0.5) is 0 Å². The van der Waals surface area contributed by atoms with E-state index in [-0.39, 0.29) is 5.92 Å². The van der Waals surface area contributed by atoms with Gasteiger partial charge in [0, 0.05) is 10.4 Å². The van der Waals surface area contributed by atoms with E-state index in [4.69, 9.17) is 0 Å². The lowest BCUT2D eigenvalue weighted by Gasteiger charge is -2.20. The summed E-state index contributed by atoms with van der Waals surface area (Å²) < 4.78 is 1.10. The molecule has 1 atom stereocenters. The smallest absolute Gasteiger partial charge is 0.161 e. The van der Waals surface area contributed by atoms with Gasteiger partial charge < -0.3 is 0 Å². The zero-order valence-electron chi connectivity index (χ0n) is 12.2. The molecule has 0 N–H and O–H groups in total. The Bertz CT molecular complexity index is 554. The van der Waals surface area contributed by atoms with Crippen molar-refractivity contribution in [3.05, 3.63) is 51.5 Å². The monoisotopic (exact) mass is 332 g/mol. The van der Waals surface area contributed by atoms with Crippen LogP contribution in [0.2, 0.25) is 0 Å². The molecule has 0 aromatic heterocycles. The third kappa shape index (κ3) is 3.69. The van der Waals surface area contributed by atoms with Crippen molar-refractivity contribution in [2.24, 2.45) is 5.92 Å². The normalized spacial score (nSPS) is 21.1. The van der Waals surface area contributed by atoms with Crippen molar-refractivity contribution in [2.45, 2.75) is 39.5 Å². The van der Waals surface area contributed by atoms with Gasteiger partial charge in [-0.25, -0.2) is 0 Å². The van der Waals surface area contributed by atoms with Crippen LogP contribution >= 0.6 is 15.9 Å². The highest BCUT2D eigenvalue weighted by Gasteiger charge is 2.23. The highest BCUT2D eigenvalue weighted by Crippen LogP contribution is 2.30. The molecule has 0 amide bonds. The average molecular weight is 333 g/mol. The molecule has 0 bridgehead atoms. The molecule has 0 aliphatic heterocycles. The number of Topliss-reactive ketones (excluding diaryl/α,β-unsaturated/α-hetero) is 1. The zero-order valence-corrected chi connectivity index (χ0v) is 13.7. The Hall–Kier alpha value is -1.15. The SMILES string of the molecule is CCCCC1=C/C(=C\c2ccccc2Br)CC(C)C1=O. The molecule has 1 aliphatic rings. The summed E-state index contributed by atoms with van der Waals surface area (Å²) in [5.74, 6) is 0.448. The summed E-state index contributed by atoms with van der Waals surface area (Å²) in [5, 5.41) is 0. The molecule has 2 rings (SSSR count). The Morgan fingerprint density at radius 3 is 2.80 bits per heavy atom. The minimum Gasteiger partial charge on any atom is -0.294 e. The highest BCUT2D eigenvalue weighted by molar-refractivity contribution is 9.10. The number of benzene rings is 1. The van der Waals surface area contributed by atoms with Gasteiger partial charge in [-0.3, -0.25) is 4.79 Å². The Morgan fingerprint density at radius 1 is 1.35 bits per heavy atom. The minimum absolute atomic E-state index is 0.112. The number of unbranched alkanes of at least 4 members (excludes halogenated alkanes) is 1. The quantitative estimate of drug-likeness (QED) is 0.705. The number of carbonyl (C=O) groups excluding carboxylic acids is 1. The van der Waals surface area contributed by atoms with Crippen molar-refractivity contribution in [3.8, 4) is 0 Å². The first-order valence-electron chi connectivity index (χ1n) is 7.31. The number of halogens is 1. The maximum atomic E-state index is 12.2. The molecule has 0 saturated carbocycles. The summed E-state index contributed by atoms with van der Waals surface area (Å²) in [7, 11) is 0. The van der Waals surface area contributed by atoms with Gasteiger partial charge in [-0.15, -0.1) is 0 Å². The molecule has 0 radical (unpaired) electrons. The van der Waals surface area contributed by atoms with Crippen molar-refractivity contribution in [1.82, 2.24) is 0 Å². The standard InChI is InChI=1S/C18H21BrO/c1-3-4-7-16-12-14(10-13(2)18(16)20)11-15-8-5-6-9-17(15)19/h5-6,8-9,11-13H,3-4,7,10H2,1-2H3/b14-11-. The van der Waals surface area contributed by atoms with Gasteiger partial charge in [-0.1, -0.05) is 66.5 Å². The number of carbonyl (C=O) groups is 1. The van der Waals surface area contributed by atoms with Crippen molar-refractivity contribution >= 4 is 27.8 Å². The maximum Gasteiger partial charge on any atom is 0.161 e. The summed E-state index contributed by atoms with van der Waals surface area (Å²) in [6, 6.07) is 8.20. The summed E-state index contributed by atoms with van der Waals surface area (Å²) in [5.41, 5.74) is 3.44. The molecule has 0 heterocycles. The Balaban J connectivity index is 2.29. The second-order valence-corrected chi connectivity index (χ2v) is 6.34. The summed E-state index contributed by atoms with van der Waals surface area (Å²) in [6.07, 6.45) is 8.27. The van der Waals surface area contributed by atoms with Crippen LogP contribution in [-0.2, 0) is 4.79 Å².